The summed E-state index contributed by atoms with van der Waals surface area (Å²) in [4.78, 5) is 8.64. The Balaban J connectivity index is 1.65. The Morgan fingerprint density at radius 3 is 2.68 bits per heavy atom. The van der Waals surface area contributed by atoms with Gasteiger partial charge in [0.25, 0.3) is 0 Å². The third-order valence-electron chi connectivity index (χ3n) is 6.75. The van der Waals surface area contributed by atoms with E-state index in [1.165, 1.54) is 6.07 Å². The van der Waals surface area contributed by atoms with Crippen molar-refractivity contribution in [3.8, 4) is 11.1 Å². The molecule has 34 heavy (non-hydrogen) atoms. The van der Waals surface area contributed by atoms with Gasteiger partial charge < -0.3 is 20.7 Å². The van der Waals surface area contributed by atoms with Crippen LogP contribution in [0.5, 0.6) is 0 Å². The summed E-state index contributed by atoms with van der Waals surface area (Å²) in [5.74, 6) is -1.32. The Labute approximate surface area is 201 Å². The van der Waals surface area contributed by atoms with Gasteiger partial charge in [-0.15, -0.1) is 11.3 Å². The summed E-state index contributed by atoms with van der Waals surface area (Å²) >= 11 is 1.57. The van der Waals surface area contributed by atoms with Crippen molar-refractivity contribution in [2.75, 3.05) is 5.32 Å². The number of fused-ring (bicyclic) bond motifs is 2. The van der Waals surface area contributed by atoms with Crippen molar-refractivity contribution < 1.29 is 13.9 Å². The number of para-hydroxylation sites is 1. The molecular formula is C26H28F2N4OS. The predicted octanol–water partition coefficient (Wildman–Crippen LogP) is 5.89. The van der Waals surface area contributed by atoms with E-state index >= 15 is 8.78 Å². The Kier molecular flexibility index (Phi) is 5.50. The van der Waals surface area contributed by atoms with Crippen LogP contribution in [0, 0.1) is 32.4 Å². The SMILES string of the molecule is Cc1nc(C)c(CN[C@@H]2c3c(cc(F)c(-c4cccc5c(C)c[nH]c45)c3F)NC(C)(C)[C@H]2O)s1. The quantitative estimate of drug-likeness (QED) is 0.293. The molecule has 2 atom stereocenters. The van der Waals surface area contributed by atoms with Crippen molar-refractivity contribution >= 4 is 27.9 Å². The number of H-pyrrole nitrogens is 1. The highest BCUT2D eigenvalue weighted by molar-refractivity contribution is 7.11. The molecule has 0 unspecified atom stereocenters. The Bertz CT molecular complexity index is 1410. The Morgan fingerprint density at radius 1 is 1.21 bits per heavy atom. The van der Waals surface area contributed by atoms with Gasteiger partial charge in [0.05, 0.1) is 39.5 Å². The summed E-state index contributed by atoms with van der Waals surface area (Å²) in [5, 5.41) is 19.6. The molecule has 0 spiro atoms. The van der Waals surface area contributed by atoms with Gasteiger partial charge in [-0.1, -0.05) is 18.2 Å². The smallest absolute Gasteiger partial charge is 0.140 e. The van der Waals surface area contributed by atoms with Gasteiger partial charge in [0.15, 0.2) is 0 Å². The monoisotopic (exact) mass is 482 g/mol. The first kappa shape index (κ1) is 23.0. The van der Waals surface area contributed by atoms with Gasteiger partial charge in [-0.25, -0.2) is 13.8 Å². The fourth-order valence-corrected chi connectivity index (χ4v) is 5.83. The number of anilines is 1. The van der Waals surface area contributed by atoms with Gasteiger partial charge >= 0.3 is 0 Å². The molecule has 0 radical (unpaired) electrons. The maximum absolute atomic E-state index is 16.3. The van der Waals surface area contributed by atoms with Crippen molar-refractivity contribution in [2.45, 2.75) is 58.8 Å². The van der Waals surface area contributed by atoms with Gasteiger partial charge in [-0.3, -0.25) is 0 Å². The number of halogens is 2. The topological polar surface area (TPSA) is 73.0 Å². The summed E-state index contributed by atoms with van der Waals surface area (Å²) in [6.07, 6.45) is 0.880. The highest BCUT2D eigenvalue weighted by atomic mass is 32.1. The average Bonchev–Trinajstić information content (AvgIpc) is 3.30. The highest BCUT2D eigenvalue weighted by Crippen LogP contribution is 2.44. The molecule has 1 aliphatic heterocycles. The lowest BCUT2D eigenvalue weighted by Crippen LogP contribution is -2.54. The summed E-state index contributed by atoms with van der Waals surface area (Å²) in [6, 6.07) is 6.05. The van der Waals surface area contributed by atoms with Crippen LogP contribution in [0.2, 0.25) is 0 Å². The van der Waals surface area contributed by atoms with E-state index < -0.39 is 29.3 Å². The first-order valence-electron chi connectivity index (χ1n) is 11.3. The number of hydrogen-bond acceptors (Lipinski definition) is 5. The molecule has 0 aliphatic carbocycles. The van der Waals surface area contributed by atoms with Gasteiger partial charge in [-0.05, 0) is 46.2 Å². The first-order chi connectivity index (χ1) is 16.1. The number of benzene rings is 2. The zero-order valence-electron chi connectivity index (χ0n) is 19.8. The third kappa shape index (κ3) is 3.61. The second-order valence-corrected chi connectivity index (χ2v) is 10.9. The number of aliphatic hydroxyl groups is 1. The molecule has 178 valence electrons. The van der Waals surface area contributed by atoms with Crippen molar-refractivity contribution in [3.63, 3.8) is 0 Å². The average molecular weight is 483 g/mol. The number of rotatable bonds is 4. The molecule has 0 saturated heterocycles. The Morgan fingerprint density at radius 2 is 1.97 bits per heavy atom. The molecule has 5 rings (SSSR count). The Hall–Kier alpha value is -2.81. The number of nitrogens with one attached hydrogen (secondary N) is 3. The number of aromatic nitrogens is 2. The highest BCUT2D eigenvalue weighted by Gasteiger charge is 2.43. The van der Waals surface area contributed by atoms with E-state index in [1.807, 2.05) is 46.9 Å². The number of aryl methyl sites for hydroxylation is 3. The molecule has 2 aromatic carbocycles. The lowest BCUT2D eigenvalue weighted by atomic mass is 9.81. The van der Waals surface area contributed by atoms with Crippen molar-refractivity contribution in [3.05, 3.63) is 68.8 Å². The molecule has 0 bridgehead atoms. The standard InChI is InChI=1S/C26H28F2N4OS/c1-12-10-29-23-15(12)7-6-8-16(23)20-17(27)9-18-21(22(20)28)24(25(33)26(4,5)32-18)30-11-19-13(2)31-14(3)34-19/h6-10,24-25,29-30,32-33H,11H2,1-5H3/t24-,25+/m1/s1. The van der Waals surface area contributed by atoms with Crippen LogP contribution in [0.4, 0.5) is 14.5 Å². The second kappa shape index (κ2) is 8.15. The lowest BCUT2D eigenvalue weighted by molar-refractivity contribution is 0.0664. The summed E-state index contributed by atoms with van der Waals surface area (Å²) in [7, 11) is 0. The van der Waals surface area contributed by atoms with E-state index in [0.29, 0.717) is 23.3 Å². The van der Waals surface area contributed by atoms with Crippen LogP contribution in [0.15, 0.2) is 30.5 Å². The van der Waals surface area contributed by atoms with E-state index in [4.69, 9.17) is 0 Å². The van der Waals surface area contributed by atoms with Crippen LogP contribution in [-0.4, -0.2) is 26.7 Å². The molecule has 8 heteroatoms. The van der Waals surface area contributed by atoms with Crippen LogP contribution >= 0.6 is 11.3 Å². The maximum Gasteiger partial charge on any atom is 0.140 e. The molecule has 3 heterocycles. The molecule has 1 aliphatic rings. The zero-order valence-corrected chi connectivity index (χ0v) is 20.6. The first-order valence-corrected chi connectivity index (χ1v) is 12.1. The minimum atomic E-state index is -0.953. The zero-order chi connectivity index (χ0) is 24.4. The van der Waals surface area contributed by atoms with Gasteiger partial charge in [0, 0.05) is 39.8 Å². The number of nitrogens with zero attached hydrogens (tertiary/aromatic N) is 1. The van der Waals surface area contributed by atoms with E-state index in [2.05, 4.69) is 20.6 Å². The van der Waals surface area contributed by atoms with Crippen LogP contribution in [-0.2, 0) is 6.54 Å². The lowest BCUT2D eigenvalue weighted by Gasteiger charge is -2.44. The fraction of sp³-hybridized carbons (Fsp3) is 0.346. The second-order valence-electron chi connectivity index (χ2n) is 9.60. The predicted molar refractivity (Wildman–Crippen MR) is 133 cm³/mol. The van der Waals surface area contributed by atoms with Crippen molar-refractivity contribution in [1.82, 2.24) is 15.3 Å². The van der Waals surface area contributed by atoms with Crippen LogP contribution < -0.4 is 10.6 Å². The molecular weight excluding hydrogens is 454 g/mol. The molecule has 0 saturated carbocycles. The molecule has 0 fully saturated rings. The van der Waals surface area contributed by atoms with E-state index in [-0.39, 0.29) is 11.1 Å². The number of aliphatic hydroxyl groups excluding tert-OH is 1. The minimum absolute atomic E-state index is 0.100. The summed E-state index contributed by atoms with van der Waals surface area (Å²) < 4.78 is 31.7. The molecule has 2 aromatic heterocycles. The minimum Gasteiger partial charge on any atom is -0.389 e. The summed E-state index contributed by atoms with van der Waals surface area (Å²) in [5.41, 5.74) is 2.74. The maximum atomic E-state index is 16.3. The normalized spacial score (nSPS) is 19.3. The van der Waals surface area contributed by atoms with Gasteiger partial charge in [-0.2, -0.15) is 0 Å². The number of hydrogen-bond donors (Lipinski definition) is 4. The molecule has 0 amide bonds. The van der Waals surface area contributed by atoms with Crippen molar-refractivity contribution in [2.24, 2.45) is 0 Å². The number of thiazole rings is 1. The van der Waals surface area contributed by atoms with Gasteiger partial charge in [0.1, 0.15) is 11.6 Å². The summed E-state index contributed by atoms with van der Waals surface area (Å²) in [6.45, 7) is 9.90. The van der Waals surface area contributed by atoms with Gasteiger partial charge in [0.2, 0.25) is 0 Å². The van der Waals surface area contributed by atoms with Crippen LogP contribution in [0.25, 0.3) is 22.0 Å². The van der Waals surface area contributed by atoms with E-state index in [1.54, 1.807) is 23.5 Å². The van der Waals surface area contributed by atoms with E-state index in [0.717, 1.165) is 26.5 Å². The van der Waals surface area contributed by atoms with Crippen LogP contribution in [0.3, 0.4) is 0 Å². The molecule has 4 aromatic rings. The third-order valence-corrected chi connectivity index (χ3v) is 7.83. The number of aromatic amines is 1. The largest absolute Gasteiger partial charge is 0.389 e. The molecule has 4 N–H and O–H groups in total. The molecule has 5 nitrogen and oxygen atoms in total. The fourth-order valence-electron chi connectivity index (χ4n) is 4.94. The van der Waals surface area contributed by atoms with E-state index in [9.17, 15) is 5.11 Å². The van der Waals surface area contributed by atoms with Crippen LogP contribution in [0.1, 0.15) is 46.6 Å². The van der Waals surface area contributed by atoms with Crippen molar-refractivity contribution in [1.29, 1.82) is 0 Å².